The number of nitrogens with zero attached hydrogens (tertiary/aromatic N) is 3. The summed E-state index contributed by atoms with van der Waals surface area (Å²) in [6, 6.07) is 0. The third kappa shape index (κ3) is 1.81. The van der Waals surface area contributed by atoms with Gasteiger partial charge in [-0.05, 0) is 6.92 Å². The average molecular weight is 266 g/mol. The fraction of sp³-hybridized carbons (Fsp3) is 0.462. The molecule has 0 radical (unpaired) electrons. The van der Waals surface area contributed by atoms with Gasteiger partial charge in [0.25, 0.3) is 0 Å². The summed E-state index contributed by atoms with van der Waals surface area (Å²) in [5.74, 6) is 0.683. The van der Waals surface area contributed by atoms with Gasteiger partial charge in [-0.1, -0.05) is 32.4 Å². The zero-order valence-corrected chi connectivity index (χ0v) is 12.0. The van der Waals surface area contributed by atoms with Gasteiger partial charge < -0.3 is 4.57 Å². The molecule has 0 atom stereocenters. The molecule has 0 aliphatic carbocycles. The molecule has 2 aromatic rings. The number of aryl methyl sites for hydroxylation is 2. The lowest BCUT2D eigenvalue weighted by Crippen LogP contribution is -2.16. The second-order valence-electron chi connectivity index (χ2n) is 5.45. The van der Waals surface area contributed by atoms with Crippen molar-refractivity contribution in [3.8, 4) is 0 Å². The molecule has 4 nitrogen and oxygen atoms in total. The minimum atomic E-state index is -0.172. The first-order valence-corrected chi connectivity index (χ1v) is 6.13. The van der Waals surface area contributed by atoms with Crippen LogP contribution in [0.4, 0.5) is 0 Å². The van der Waals surface area contributed by atoms with E-state index in [2.05, 4.69) is 30.7 Å². The van der Waals surface area contributed by atoms with E-state index in [-0.39, 0.29) is 5.41 Å². The average Bonchev–Trinajstić information content (AvgIpc) is 2.50. The molecular weight excluding hydrogens is 250 g/mol. The molecule has 0 N–H and O–H groups in total. The maximum atomic E-state index is 11.3. The number of fused-ring (bicyclic) bond motifs is 1. The van der Waals surface area contributed by atoms with Crippen LogP contribution in [0.2, 0.25) is 5.15 Å². The molecule has 2 rings (SSSR count). The van der Waals surface area contributed by atoms with Gasteiger partial charge in [-0.2, -0.15) is 0 Å². The summed E-state index contributed by atoms with van der Waals surface area (Å²) in [4.78, 5) is 20.1. The molecule has 0 saturated carbocycles. The molecule has 0 aromatic carbocycles. The highest BCUT2D eigenvalue weighted by atomic mass is 35.5. The lowest BCUT2D eigenvalue weighted by molar-refractivity contribution is 0.112. The number of carbonyl (C=O) groups is 1. The van der Waals surface area contributed by atoms with E-state index in [1.54, 1.807) is 11.6 Å². The van der Waals surface area contributed by atoms with Crippen molar-refractivity contribution < 1.29 is 4.79 Å². The summed E-state index contributed by atoms with van der Waals surface area (Å²) in [7, 11) is 1.80. The van der Waals surface area contributed by atoms with Crippen LogP contribution in [0.3, 0.4) is 0 Å². The van der Waals surface area contributed by atoms with Crippen molar-refractivity contribution in [2.75, 3.05) is 0 Å². The number of rotatable bonds is 1. The SMILES string of the molecule is Cc1nc(C(C)(C)C)c2c(C=O)c(Cl)n(C)c2n1. The quantitative estimate of drug-likeness (QED) is 0.745. The van der Waals surface area contributed by atoms with E-state index in [0.29, 0.717) is 22.2 Å². The van der Waals surface area contributed by atoms with E-state index >= 15 is 0 Å². The van der Waals surface area contributed by atoms with Crippen LogP contribution in [0.5, 0.6) is 0 Å². The van der Waals surface area contributed by atoms with E-state index in [9.17, 15) is 4.79 Å². The fourth-order valence-electron chi connectivity index (χ4n) is 2.08. The highest BCUT2D eigenvalue weighted by molar-refractivity contribution is 6.34. The van der Waals surface area contributed by atoms with Crippen LogP contribution in [0.15, 0.2) is 0 Å². The maximum absolute atomic E-state index is 11.3. The minimum Gasteiger partial charge on any atom is -0.319 e. The summed E-state index contributed by atoms with van der Waals surface area (Å²) >= 11 is 6.18. The van der Waals surface area contributed by atoms with Crippen LogP contribution < -0.4 is 0 Å². The molecular formula is C13H16ClN3O. The monoisotopic (exact) mass is 265 g/mol. The summed E-state index contributed by atoms with van der Waals surface area (Å²) in [6.45, 7) is 8.02. The number of carbonyl (C=O) groups excluding carboxylic acids is 1. The number of halogens is 1. The third-order valence-electron chi connectivity index (χ3n) is 2.93. The van der Waals surface area contributed by atoms with E-state index < -0.39 is 0 Å². The number of hydrogen-bond acceptors (Lipinski definition) is 3. The van der Waals surface area contributed by atoms with Gasteiger partial charge in [0, 0.05) is 12.5 Å². The molecule has 0 spiro atoms. The van der Waals surface area contributed by atoms with Gasteiger partial charge in [0.05, 0.1) is 16.6 Å². The van der Waals surface area contributed by atoms with Gasteiger partial charge in [-0.25, -0.2) is 9.97 Å². The van der Waals surface area contributed by atoms with E-state index in [1.165, 1.54) is 0 Å². The van der Waals surface area contributed by atoms with Crippen molar-refractivity contribution in [3.05, 3.63) is 22.2 Å². The molecule has 18 heavy (non-hydrogen) atoms. The van der Waals surface area contributed by atoms with Crippen LogP contribution in [-0.2, 0) is 12.5 Å². The van der Waals surface area contributed by atoms with Crippen molar-refractivity contribution in [3.63, 3.8) is 0 Å². The lowest BCUT2D eigenvalue weighted by atomic mass is 9.89. The van der Waals surface area contributed by atoms with E-state index in [4.69, 9.17) is 11.6 Å². The highest BCUT2D eigenvalue weighted by Crippen LogP contribution is 2.34. The Morgan fingerprint density at radius 3 is 2.39 bits per heavy atom. The molecule has 2 aromatic heterocycles. The van der Waals surface area contributed by atoms with Crippen LogP contribution in [0, 0.1) is 6.92 Å². The van der Waals surface area contributed by atoms with Gasteiger partial charge in [-0.15, -0.1) is 0 Å². The summed E-state index contributed by atoms with van der Waals surface area (Å²) in [5, 5.41) is 1.17. The highest BCUT2D eigenvalue weighted by Gasteiger charge is 2.26. The Kier molecular flexibility index (Phi) is 2.93. The second-order valence-corrected chi connectivity index (χ2v) is 5.81. The van der Waals surface area contributed by atoms with Gasteiger partial charge >= 0.3 is 0 Å². The number of hydrogen-bond donors (Lipinski definition) is 0. The topological polar surface area (TPSA) is 47.8 Å². The third-order valence-corrected chi connectivity index (χ3v) is 3.39. The predicted octanol–water partition coefficient (Wildman–Crippen LogP) is 3.04. The molecule has 96 valence electrons. The Morgan fingerprint density at radius 1 is 1.28 bits per heavy atom. The van der Waals surface area contributed by atoms with Gasteiger partial charge in [-0.3, -0.25) is 4.79 Å². The lowest BCUT2D eigenvalue weighted by Gasteiger charge is -2.19. The zero-order valence-electron chi connectivity index (χ0n) is 11.2. The normalized spacial score (nSPS) is 12.1. The molecule has 0 bridgehead atoms. The maximum Gasteiger partial charge on any atom is 0.153 e. The van der Waals surface area contributed by atoms with Gasteiger partial charge in [0.2, 0.25) is 0 Å². The first-order valence-electron chi connectivity index (χ1n) is 5.75. The van der Waals surface area contributed by atoms with Crippen molar-refractivity contribution in [2.24, 2.45) is 7.05 Å². The zero-order chi connectivity index (χ0) is 13.7. The van der Waals surface area contributed by atoms with Crippen LogP contribution in [0.25, 0.3) is 11.0 Å². The molecule has 0 aliphatic heterocycles. The molecule has 0 saturated heterocycles. The Hall–Kier alpha value is -1.42. The second kappa shape index (κ2) is 4.05. The first kappa shape index (κ1) is 13.0. The summed E-state index contributed by atoms with van der Waals surface area (Å²) in [6.07, 6.45) is 0.776. The Balaban J connectivity index is 3.03. The van der Waals surface area contributed by atoms with Gasteiger partial charge in [0.1, 0.15) is 16.6 Å². The molecule has 0 aliphatic rings. The molecule has 2 heterocycles. The van der Waals surface area contributed by atoms with Crippen molar-refractivity contribution in [2.45, 2.75) is 33.1 Å². The van der Waals surface area contributed by atoms with Crippen molar-refractivity contribution in [1.29, 1.82) is 0 Å². The number of aromatic nitrogens is 3. The minimum absolute atomic E-state index is 0.172. The number of aldehydes is 1. The van der Waals surface area contributed by atoms with Crippen LogP contribution in [-0.4, -0.2) is 20.8 Å². The largest absolute Gasteiger partial charge is 0.319 e. The smallest absolute Gasteiger partial charge is 0.153 e. The Labute approximate surface area is 111 Å². The fourth-order valence-corrected chi connectivity index (χ4v) is 2.29. The molecule has 0 unspecified atom stereocenters. The Morgan fingerprint density at radius 2 is 1.89 bits per heavy atom. The van der Waals surface area contributed by atoms with Crippen LogP contribution >= 0.6 is 11.6 Å². The van der Waals surface area contributed by atoms with Crippen LogP contribution in [0.1, 0.15) is 42.6 Å². The summed E-state index contributed by atoms with van der Waals surface area (Å²) < 4.78 is 1.73. The first-order chi connectivity index (χ1) is 8.27. The van der Waals surface area contributed by atoms with E-state index in [0.717, 1.165) is 17.4 Å². The summed E-state index contributed by atoms with van der Waals surface area (Å²) in [5.41, 5.74) is 1.86. The standard InChI is InChI=1S/C13H16ClN3O/c1-7-15-10(13(2,3)4)9-8(6-18)11(14)17(5)12(9)16-7/h6H,1-5H3. The Bertz CT molecular complexity index is 638. The van der Waals surface area contributed by atoms with E-state index in [1.807, 2.05) is 6.92 Å². The van der Waals surface area contributed by atoms with Crippen molar-refractivity contribution in [1.82, 2.24) is 14.5 Å². The van der Waals surface area contributed by atoms with Gasteiger partial charge in [0.15, 0.2) is 6.29 Å². The molecule has 0 fully saturated rings. The predicted molar refractivity (Wildman–Crippen MR) is 72.3 cm³/mol. The van der Waals surface area contributed by atoms with Crippen molar-refractivity contribution >= 4 is 28.9 Å². The molecule has 5 heteroatoms. The molecule has 0 amide bonds.